The first-order valence-corrected chi connectivity index (χ1v) is 8.15. The summed E-state index contributed by atoms with van der Waals surface area (Å²) >= 11 is 6.76. The van der Waals surface area contributed by atoms with Crippen LogP contribution >= 0.6 is 31.9 Å². The summed E-state index contributed by atoms with van der Waals surface area (Å²) in [6.07, 6.45) is 0.739. The minimum absolute atomic E-state index is 0.280. The van der Waals surface area contributed by atoms with Gasteiger partial charge in [-0.25, -0.2) is 4.39 Å². The van der Waals surface area contributed by atoms with Crippen molar-refractivity contribution in [2.24, 2.45) is 5.73 Å². The minimum atomic E-state index is -0.280. The smallest absolute Gasteiger partial charge is 0.126 e. The van der Waals surface area contributed by atoms with Gasteiger partial charge < -0.3 is 10.5 Å². The number of aryl methyl sites for hydroxylation is 1. The molecule has 0 bridgehead atoms. The highest BCUT2D eigenvalue weighted by molar-refractivity contribution is 9.10. The zero-order valence-corrected chi connectivity index (χ0v) is 14.8. The Hall–Kier alpha value is -0.910. The van der Waals surface area contributed by atoms with Crippen LogP contribution in [0.3, 0.4) is 0 Å². The summed E-state index contributed by atoms with van der Waals surface area (Å²) in [5, 5.41) is 0. The second-order valence-corrected chi connectivity index (χ2v) is 6.65. The van der Waals surface area contributed by atoms with Crippen LogP contribution < -0.4 is 10.5 Å². The zero-order chi connectivity index (χ0) is 15.4. The van der Waals surface area contributed by atoms with Crippen molar-refractivity contribution in [2.45, 2.75) is 20.0 Å². The molecule has 0 fully saturated rings. The molecule has 21 heavy (non-hydrogen) atoms. The van der Waals surface area contributed by atoms with E-state index in [1.165, 1.54) is 12.1 Å². The summed E-state index contributed by atoms with van der Waals surface area (Å²) in [7, 11) is 0. The highest BCUT2D eigenvalue weighted by Crippen LogP contribution is 2.29. The van der Waals surface area contributed by atoms with Crippen molar-refractivity contribution in [1.29, 1.82) is 0 Å². The molecule has 2 aromatic rings. The monoisotopic (exact) mass is 415 g/mol. The normalized spacial score (nSPS) is 10.7. The second-order valence-electron chi connectivity index (χ2n) is 4.82. The third-order valence-corrected chi connectivity index (χ3v) is 3.95. The molecule has 0 saturated carbocycles. The van der Waals surface area contributed by atoms with Gasteiger partial charge in [-0.15, -0.1) is 0 Å². The summed E-state index contributed by atoms with van der Waals surface area (Å²) in [5.41, 5.74) is 8.52. The van der Waals surface area contributed by atoms with E-state index in [0.29, 0.717) is 17.6 Å². The third kappa shape index (κ3) is 4.53. The van der Waals surface area contributed by atoms with Crippen molar-refractivity contribution in [3.63, 3.8) is 0 Å². The van der Waals surface area contributed by atoms with Crippen molar-refractivity contribution in [2.75, 3.05) is 6.54 Å². The van der Waals surface area contributed by atoms with Crippen molar-refractivity contribution >= 4 is 31.9 Å². The van der Waals surface area contributed by atoms with Crippen molar-refractivity contribution < 1.29 is 9.13 Å². The Balaban J connectivity index is 2.22. The van der Waals surface area contributed by atoms with E-state index in [-0.39, 0.29) is 5.82 Å². The molecule has 0 amide bonds. The van der Waals surface area contributed by atoms with Crippen LogP contribution in [0.5, 0.6) is 5.75 Å². The number of hydrogen-bond acceptors (Lipinski definition) is 2. The number of hydrogen-bond donors (Lipinski definition) is 1. The van der Waals surface area contributed by atoms with Gasteiger partial charge in [0.1, 0.15) is 18.2 Å². The molecule has 5 heteroatoms. The molecule has 0 aliphatic heterocycles. The fourth-order valence-electron chi connectivity index (χ4n) is 2.20. The van der Waals surface area contributed by atoms with Crippen molar-refractivity contribution in [1.82, 2.24) is 0 Å². The van der Waals surface area contributed by atoms with Gasteiger partial charge in [-0.05, 0) is 66.9 Å². The van der Waals surface area contributed by atoms with E-state index in [2.05, 4.69) is 31.9 Å². The second kappa shape index (κ2) is 7.38. The number of benzene rings is 2. The summed E-state index contributed by atoms with van der Waals surface area (Å²) < 4.78 is 21.0. The van der Waals surface area contributed by atoms with Gasteiger partial charge in [-0.1, -0.05) is 31.9 Å². The minimum Gasteiger partial charge on any atom is -0.488 e. The molecule has 0 aliphatic carbocycles. The van der Waals surface area contributed by atoms with Gasteiger partial charge in [0.05, 0.1) is 0 Å². The van der Waals surface area contributed by atoms with Crippen LogP contribution in [0.4, 0.5) is 4.39 Å². The predicted molar refractivity (Wildman–Crippen MR) is 90.1 cm³/mol. The molecule has 0 atom stereocenters. The topological polar surface area (TPSA) is 35.2 Å². The lowest BCUT2D eigenvalue weighted by molar-refractivity contribution is 0.300. The number of nitrogens with two attached hydrogens (primary N) is 1. The van der Waals surface area contributed by atoms with Gasteiger partial charge in [0, 0.05) is 8.95 Å². The number of rotatable bonds is 5. The highest BCUT2D eigenvalue weighted by Gasteiger charge is 2.09. The number of ether oxygens (including phenoxy) is 1. The Morgan fingerprint density at radius 2 is 1.81 bits per heavy atom. The summed E-state index contributed by atoms with van der Waals surface area (Å²) in [6.45, 7) is 2.86. The Morgan fingerprint density at radius 3 is 2.48 bits per heavy atom. The third-order valence-electron chi connectivity index (χ3n) is 3.04. The van der Waals surface area contributed by atoms with Gasteiger partial charge in [-0.3, -0.25) is 0 Å². The van der Waals surface area contributed by atoms with Crippen LogP contribution in [0.15, 0.2) is 39.3 Å². The Bertz CT molecular complexity index is 626. The molecule has 0 heterocycles. The van der Waals surface area contributed by atoms with Crippen LogP contribution in [-0.2, 0) is 13.0 Å². The average Bonchev–Trinajstić information content (AvgIpc) is 2.36. The van der Waals surface area contributed by atoms with E-state index in [4.69, 9.17) is 10.5 Å². The zero-order valence-electron chi connectivity index (χ0n) is 11.6. The lowest BCUT2D eigenvalue weighted by atomic mass is 10.1. The maximum Gasteiger partial charge on any atom is 0.126 e. The fourth-order valence-corrected chi connectivity index (χ4v) is 3.33. The molecule has 0 aliphatic rings. The first-order chi connectivity index (χ1) is 9.99. The Kier molecular flexibility index (Phi) is 5.79. The van der Waals surface area contributed by atoms with Gasteiger partial charge >= 0.3 is 0 Å². The first kappa shape index (κ1) is 16.5. The fraction of sp³-hybridized carbons (Fsp3) is 0.250. The molecule has 0 radical (unpaired) electrons. The summed E-state index contributed by atoms with van der Waals surface area (Å²) in [6, 6.07) is 8.75. The molecule has 0 aromatic heterocycles. The lowest BCUT2D eigenvalue weighted by Crippen LogP contribution is -2.07. The largest absolute Gasteiger partial charge is 0.488 e. The summed E-state index contributed by atoms with van der Waals surface area (Å²) in [5.74, 6) is 0.543. The van der Waals surface area contributed by atoms with Crippen LogP contribution in [0, 0.1) is 12.7 Å². The molecule has 2 rings (SSSR count). The predicted octanol–water partition coefficient (Wildman–Crippen LogP) is 4.74. The standard InChI is InChI=1S/C16H16Br2FNO/c1-10-4-13(17)7-12(2-3-20)16(10)21-9-11-5-14(18)8-15(19)6-11/h4-8H,2-3,9,20H2,1H3. The van der Waals surface area contributed by atoms with Crippen molar-refractivity contribution in [3.05, 3.63) is 61.8 Å². The molecule has 0 unspecified atom stereocenters. The molecule has 0 saturated heterocycles. The van der Waals surface area contributed by atoms with Crippen molar-refractivity contribution in [3.8, 4) is 5.75 Å². The van der Waals surface area contributed by atoms with Gasteiger partial charge in [0.25, 0.3) is 0 Å². The van der Waals surface area contributed by atoms with Gasteiger partial charge in [0.15, 0.2) is 0 Å². The van der Waals surface area contributed by atoms with Gasteiger partial charge in [0.2, 0.25) is 0 Å². The van der Waals surface area contributed by atoms with E-state index < -0.39 is 0 Å². The lowest BCUT2D eigenvalue weighted by Gasteiger charge is -2.15. The Morgan fingerprint density at radius 1 is 1.10 bits per heavy atom. The van der Waals surface area contributed by atoms with E-state index in [1.54, 1.807) is 0 Å². The van der Waals surface area contributed by atoms with Crippen LogP contribution in [-0.4, -0.2) is 6.54 Å². The van der Waals surface area contributed by atoms with Crippen LogP contribution in [0.25, 0.3) is 0 Å². The van der Waals surface area contributed by atoms with E-state index in [9.17, 15) is 4.39 Å². The summed E-state index contributed by atoms with van der Waals surface area (Å²) in [4.78, 5) is 0. The molecule has 2 N–H and O–H groups in total. The Labute approximate surface area is 140 Å². The first-order valence-electron chi connectivity index (χ1n) is 6.56. The van der Waals surface area contributed by atoms with E-state index >= 15 is 0 Å². The SMILES string of the molecule is Cc1cc(Br)cc(CCN)c1OCc1cc(F)cc(Br)c1. The molecule has 112 valence electrons. The van der Waals surface area contributed by atoms with Gasteiger partial charge in [-0.2, -0.15) is 0 Å². The average molecular weight is 417 g/mol. The van der Waals surface area contributed by atoms with Crippen LogP contribution in [0.1, 0.15) is 16.7 Å². The molecule has 2 nitrogen and oxygen atoms in total. The van der Waals surface area contributed by atoms with E-state index in [1.807, 2.05) is 25.1 Å². The quantitative estimate of drug-likeness (QED) is 0.763. The number of halogens is 3. The van der Waals surface area contributed by atoms with E-state index in [0.717, 1.165) is 33.3 Å². The maximum atomic E-state index is 13.4. The molecular weight excluding hydrogens is 401 g/mol. The molecule has 0 spiro atoms. The molecule has 2 aromatic carbocycles. The maximum absolute atomic E-state index is 13.4. The van der Waals surface area contributed by atoms with Crippen LogP contribution in [0.2, 0.25) is 0 Å². The highest BCUT2D eigenvalue weighted by atomic mass is 79.9. The molecular formula is C16H16Br2FNO.